The van der Waals surface area contributed by atoms with Crippen molar-refractivity contribution in [1.82, 2.24) is 4.57 Å². The number of hydrogen-bond donors (Lipinski definition) is 2. The Hall–Kier alpha value is -2.30. The summed E-state index contributed by atoms with van der Waals surface area (Å²) < 4.78 is 2.24. The van der Waals surface area contributed by atoms with Crippen LogP contribution in [0.1, 0.15) is 12.8 Å². The fourth-order valence-corrected chi connectivity index (χ4v) is 3.23. The maximum absolute atomic E-state index is 9.44. The van der Waals surface area contributed by atoms with Gasteiger partial charge in [-0.2, -0.15) is 0 Å². The van der Waals surface area contributed by atoms with Crippen molar-refractivity contribution in [2.75, 3.05) is 0 Å². The molecule has 0 radical (unpaired) electrons. The zero-order valence-corrected chi connectivity index (χ0v) is 12.1. The third kappa shape index (κ3) is 2.00. The van der Waals surface area contributed by atoms with Crippen LogP contribution in [0, 0.1) is 0 Å². The smallest absolute Gasteiger partial charge is 0.423 e. The van der Waals surface area contributed by atoms with Crippen LogP contribution in [0.2, 0.25) is 0 Å². The molecule has 0 spiro atoms. The van der Waals surface area contributed by atoms with Gasteiger partial charge in [0.2, 0.25) is 0 Å². The van der Waals surface area contributed by atoms with Gasteiger partial charge >= 0.3 is 7.12 Å². The maximum Gasteiger partial charge on any atom is 0.488 e. The topological polar surface area (TPSA) is 45.4 Å². The first-order valence-corrected chi connectivity index (χ1v) is 7.52. The number of fused-ring (bicyclic) bond motifs is 3. The Bertz CT molecular complexity index is 958. The second-order valence-electron chi connectivity index (χ2n) is 5.61. The minimum atomic E-state index is -1.44. The predicted molar refractivity (Wildman–Crippen MR) is 90.5 cm³/mol. The molecule has 3 aromatic rings. The molecule has 0 saturated carbocycles. The molecule has 108 valence electrons. The van der Waals surface area contributed by atoms with Gasteiger partial charge in [-0.25, -0.2) is 0 Å². The highest BCUT2D eigenvalue weighted by Gasteiger charge is 2.15. The van der Waals surface area contributed by atoms with Crippen molar-refractivity contribution in [2.45, 2.75) is 12.8 Å². The molecule has 2 N–H and O–H groups in total. The molecule has 0 aliphatic heterocycles. The number of hydrogen-bond acceptors (Lipinski definition) is 2. The van der Waals surface area contributed by atoms with E-state index >= 15 is 0 Å². The highest BCUT2D eigenvalue weighted by atomic mass is 16.4. The van der Waals surface area contributed by atoms with Gasteiger partial charge in [-0.3, -0.25) is 0 Å². The van der Waals surface area contributed by atoms with E-state index in [1.807, 2.05) is 30.3 Å². The van der Waals surface area contributed by atoms with E-state index < -0.39 is 7.12 Å². The van der Waals surface area contributed by atoms with Gasteiger partial charge in [-0.15, -0.1) is 0 Å². The summed E-state index contributed by atoms with van der Waals surface area (Å²) >= 11 is 0. The van der Waals surface area contributed by atoms with E-state index in [9.17, 15) is 10.0 Å². The maximum atomic E-state index is 9.44. The Kier molecular flexibility index (Phi) is 3.14. The van der Waals surface area contributed by atoms with Gasteiger partial charge in [0, 0.05) is 21.6 Å². The summed E-state index contributed by atoms with van der Waals surface area (Å²) in [6, 6.07) is 15.9. The van der Waals surface area contributed by atoms with E-state index in [2.05, 4.69) is 28.9 Å². The molecule has 4 rings (SSSR count). The SMILES string of the molecule is OB(O)c1ccc2c(c1)c1c(n2-c2ccccc2)=CCCC=1. The third-order valence-corrected chi connectivity index (χ3v) is 4.23. The van der Waals surface area contributed by atoms with Crippen LogP contribution in [0.25, 0.3) is 28.7 Å². The zero-order valence-electron chi connectivity index (χ0n) is 12.1. The first kappa shape index (κ1) is 13.4. The van der Waals surface area contributed by atoms with Gasteiger partial charge in [-0.1, -0.05) is 42.5 Å². The van der Waals surface area contributed by atoms with Gasteiger partial charge in [-0.05, 0) is 36.5 Å². The average Bonchev–Trinajstić information content (AvgIpc) is 2.89. The molecule has 3 nitrogen and oxygen atoms in total. The first-order chi connectivity index (χ1) is 10.8. The average molecular weight is 289 g/mol. The summed E-state index contributed by atoms with van der Waals surface area (Å²) in [4.78, 5) is 0. The molecule has 1 aromatic heterocycles. The standard InChI is InChI=1S/C18H16BNO2/c21-19(22)13-10-11-18-16(12-13)15-8-4-5-9-17(15)20(18)14-6-2-1-3-7-14/h1-3,6-12,21-22H,4-5H2. The van der Waals surface area contributed by atoms with Crippen LogP contribution >= 0.6 is 0 Å². The van der Waals surface area contributed by atoms with Crippen LogP contribution in [-0.4, -0.2) is 21.7 Å². The van der Waals surface area contributed by atoms with Gasteiger partial charge in [0.05, 0.1) is 5.52 Å². The lowest BCUT2D eigenvalue weighted by molar-refractivity contribution is 0.426. The second kappa shape index (κ2) is 5.16. The Morgan fingerprint density at radius 1 is 0.909 bits per heavy atom. The highest BCUT2D eigenvalue weighted by molar-refractivity contribution is 6.58. The minimum absolute atomic E-state index is 0.527. The fraction of sp³-hybridized carbons (Fsp3) is 0.111. The van der Waals surface area contributed by atoms with Crippen molar-refractivity contribution in [3.05, 3.63) is 59.1 Å². The van der Waals surface area contributed by atoms with Crippen molar-refractivity contribution < 1.29 is 10.0 Å². The quantitative estimate of drug-likeness (QED) is 0.681. The van der Waals surface area contributed by atoms with Crippen LogP contribution in [0.3, 0.4) is 0 Å². The minimum Gasteiger partial charge on any atom is -0.423 e. The first-order valence-electron chi connectivity index (χ1n) is 7.52. The van der Waals surface area contributed by atoms with Crippen molar-refractivity contribution in [1.29, 1.82) is 0 Å². The van der Waals surface area contributed by atoms with Crippen LogP contribution in [-0.2, 0) is 0 Å². The van der Waals surface area contributed by atoms with Crippen LogP contribution in [0.4, 0.5) is 0 Å². The van der Waals surface area contributed by atoms with E-state index in [4.69, 9.17) is 0 Å². The van der Waals surface area contributed by atoms with Gasteiger partial charge in [0.15, 0.2) is 0 Å². The molecule has 0 atom stereocenters. The molecule has 0 fully saturated rings. The summed E-state index contributed by atoms with van der Waals surface area (Å²) in [5.74, 6) is 0. The number of aromatic nitrogens is 1. The van der Waals surface area contributed by atoms with E-state index in [0.29, 0.717) is 5.46 Å². The lowest BCUT2D eigenvalue weighted by Gasteiger charge is -2.07. The van der Waals surface area contributed by atoms with Crippen LogP contribution in [0.15, 0.2) is 48.5 Å². The summed E-state index contributed by atoms with van der Waals surface area (Å²) in [5, 5.41) is 22.3. The molecule has 1 aliphatic carbocycles. The van der Waals surface area contributed by atoms with Crippen molar-refractivity contribution in [2.24, 2.45) is 0 Å². The van der Waals surface area contributed by atoms with Gasteiger partial charge in [0.1, 0.15) is 0 Å². The number of rotatable bonds is 2. The lowest BCUT2D eigenvalue weighted by Crippen LogP contribution is -2.31. The fourth-order valence-electron chi connectivity index (χ4n) is 3.23. The van der Waals surface area contributed by atoms with Crippen molar-refractivity contribution in [3.8, 4) is 5.69 Å². The van der Waals surface area contributed by atoms with E-state index in [0.717, 1.165) is 29.4 Å². The monoisotopic (exact) mass is 289 g/mol. The third-order valence-electron chi connectivity index (χ3n) is 4.23. The Labute approximate surface area is 128 Å². The molecule has 0 unspecified atom stereocenters. The number of benzene rings is 2. The Balaban J connectivity index is 2.14. The highest BCUT2D eigenvalue weighted by Crippen LogP contribution is 2.15. The van der Waals surface area contributed by atoms with Gasteiger partial charge < -0.3 is 14.6 Å². The molecular weight excluding hydrogens is 273 g/mol. The summed E-state index contributed by atoms with van der Waals surface area (Å²) in [6.45, 7) is 0. The molecule has 0 saturated heterocycles. The normalized spacial score (nSPS) is 13.4. The Morgan fingerprint density at radius 2 is 1.68 bits per heavy atom. The molecule has 1 aliphatic rings. The molecule has 2 aromatic carbocycles. The van der Waals surface area contributed by atoms with Gasteiger partial charge in [0.25, 0.3) is 0 Å². The summed E-state index contributed by atoms with van der Waals surface area (Å²) in [7, 11) is -1.44. The van der Waals surface area contributed by atoms with E-state index in [1.54, 1.807) is 6.07 Å². The second-order valence-corrected chi connectivity index (χ2v) is 5.61. The van der Waals surface area contributed by atoms with E-state index in [1.165, 1.54) is 10.6 Å². The van der Waals surface area contributed by atoms with E-state index in [-0.39, 0.29) is 0 Å². The summed E-state index contributed by atoms with van der Waals surface area (Å²) in [6.07, 6.45) is 6.56. The molecule has 1 heterocycles. The Morgan fingerprint density at radius 3 is 2.45 bits per heavy atom. The number of nitrogens with zero attached hydrogens (tertiary/aromatic N) is 1. The van der Waals surface area contributed by atoms with Crippen molar-refractivity contribution >= 4 is 35.6 Å². The van der Waals surface area contributed by atoms with Crippen LogP contribution < -0.4 is 16.0 Å². The van der Waals surface area contributed by atoms with Crippen molar-refractivity contribution in [3.63, 3.8) is 0 Å². The predicted octanol–water partition coefficient (Wildman–Crippen LogP) is 0.665. The molecule has 0 bridgehead atoms. The lowest BCUT2D eigenvalue weighted by atomic mass is 9.80. The largest absolute Gasteiger partial charge is 0.488 e. The molecule has 0 amide bonds. The molecule has 4 heteroatoms. The molecular formula is C18H16BNO2. The van der Waals surface area contributed by atoms with Crippen LogP contribution in [0.5, 0.6) is 0 Å². The zero-order chi connectivity index (χ0) is 15.1. The molecule has 22 heavy (non-hydrogen) atoms. The number of para-hydroxylation sites is 1. The summed E-state index contributed by atoms with van der Waals surface area (Å²) in [5.41, 5.74) is 2.74.